The van der Waals surface area contributed by atoms with Gasteiger partial charge in [-0.25, -0.2) is 9.78 Å². The van der Waals surface area contributed by atoms with Crippen LogP contribution >= 0.6 is 11.3 Å². The fraction of sp³-hybridized carbons (Fsp3) is 0.364. The van der Waals surface area contributed by atoms with Gasteiger partial charge in [-0.3, -0.25) is 9.79 Å². The second-order valence-electron chi connectivity index (χ2n) is 6.77. The molecule has 0 radical (unpaired) electrons. The van der Waals surface area contributed by atoms with Gasteiger partial charge in [-0.05, 0) is 45.4 Å². The highest BCUT2D eigenvalue weighted by atomic mass is 32.1. The summed E-state index contributed by atoms with van der Waals surface area (Å²) >= 11 is 1.49. The molecule has 2 unspecified atom stereocenters. The molecule has 0 fully saturated rings. The van der Waals surface area contributed by atoms with Crippen LogP contribution in [0.25, 0.3) is 0 Å². The number of carbonyl (C=O) groups is 2. The highest BCUT2D eigenvalue weighted by Crippen LogP contribution is 2.41. The predicted octanol–water partition coefficient (Wildman–Crippen LogP) is 4.46. The number of benzene rings is 1. The minimum Gasteiger partial charge on any atom is -0.465 e. The van der Waals surface area contributed by atoms with Crippen LogP contribution in [0.1, 0.15) is 39.2 Å². The van der Waals surface area contributed by atoms with Gasteiger partial charge in [0.2, 0.25) is 0 Å². The van der Waals surface area contributed by atoms with Gasteiger partial charge in [0.05, 0.1) is 18.8 Å². The highest BCUT2D eigenvalue weighted by molar-refractivity contribution is 7.13. The maximum absolute atomic E-state index is 12.9. The van der Waals surface area contributed by atoms with E-state index in [4.69, 9.17) is 9.47 Å². The van der Waals surface area contributed by atoms with E-state index in [2.05, 4.69) is 15.3 Å². The normalized spacial score (nSPS) is 18.6. The van der Waals surface area contributed by atoms with Crippen LogP contribution in [0.3, 0.4) is 0 Å². The molecule has 1 aliphatic heterocycles. The average Bonchev–Trinajstić information content (AvgIpc) is 3.20. The molecule has 0 amide bonds. The molecule has 0 spiro atoms. The number of rotatable bonds is 7. The van der Waals surface area contributed by atoms with Crippen molar-refractivity contribution >= 4 is 39.8 Å². The van der Waals surface area contributed by atoms with Gasteiger partial charge in [-0.2, -0.15) is 0 Å². The van der Waals surface area contributed by atoms with Crippen molar-refractivity contribution in [1.82, 2.24) is 4.98 Å². The van der Waals surface area contributed by atoms with E-state index >= 15 is 0 Å². The van der Waals surface area contributed by atoms with Crippen LogP contribution in [0.5, 0.6) is 0 Å². The van der Waals surface area contributed by atoms with Gasteiger partial charge in [0.15, 0.2) is 5.13 Å². The van der Waals surface area contributed by atoms with Crippen LogP contribution in [0.4, 0.5) is 10.8 Å². The first kappa shape index (κ1) is 21.7. The maximum atomic E-state index is 12.9. The van der Waals surface area contributed by atoms with Crippen LogP contribution in [-0.4, -0.2) is 35.8 Å². The van der Waals surface area contributed by atoms with Crippen molar-refractivity contribution < 1.29 is 19.1 Å². The number of aromatic nitrogens is 1. The number of hydrogen-bond donors (Lipinski definition) is 1. The molecule has 1 N–H and O–H groups in total. The van der Waals surface area contributed by atoms with Crippen molar-refractivity contribution in [2.75, 3.05) is 18.5 Å². The van der Waals surface area contributed by atoms with Crippen molar-refractivity contribution in [2.24, 2.45) is 10.9 Å². The lowest BCUT2D eigenvalue weighted by Gasteiger charge is -2.31. The molecule has 158 valence electrons. The standard InChI is InChI=1S/C22H25N3O4S/c1-5-28-20(26)17-13(3)24-14(4)18(21(27)29-6-2)19(17)15-8-7-9-16(12-15)25-22-23-10-11-30-22/h7-12,17,19H,5-6H2,1-4H3,(H,23,25). The molecule has 0 saturated carbocycles. The zero-order valence-electron chi connectivity index (χ0n) is 17.5. The highest BCUT2D eigenvalue weighted by Gasteiger charge is 2.42. The lowest BCUT2D eigenvalue weighted by atomic mass is 9.75. The second-order valence-corrected chi connectivity index (χ2v) is 7.66. The molecule has 0 aliphatic carbocycles. The monoisotopic (exact) mass is 427 g/mol. The number of ether oxygens (including phenoxy) is 2. The van der Waals surface area contributed by atoms with Crippen LogP contribution in [0.15, 0.2) is 52.1 Å². The minimum absolute atomic E-state index is 0.237. The number of esters is 2. The lowest BCUT2D eigenvalue weighted by Crippen LogP contribution is -2.36. The van der Waals surface area contributed by atoms with Crippen molar-refractivity contribution in [3.63, 3.8) is 0 Å². The van der Waals surface area contributed by atoms with E-state index in [1.807, 2.05) is 29.6 Å². The maximum Gasteiger partial charge on any atom is 0.336 e. The number of anilines is 2. The Balaban J connectivity index is 2.08. The Bertz CT molecular complexity index is 982. The molecular formula is C22H25N3O4S. The van der Waals surface area contributed by atoms with E-state index in [0.29, 0.717) is 17.0 Å². The van der Waals surface area contributed by atoms with Gasteiger partial charge in [-0.1, -0.05) is 12.1 Å². The number of aliphatic imine (C=N–C) groups is 1. The van der Waals surface area contributed by atoms with Gasteiger partial charge in [0, 0.05) is 34.6 Å². The molecule has 8 heteroatoms. The largest absolute Gasteiger partial charge is 0.465 e. The average molecular weight is 428 g/mol. The number of nitrogens with zero attached hydrogens (tertiary/aromatic N) is 2. The number of allylic oxidation sites excluding steroid dienone is 1. The van der Waals surface area contributed by atoms with Crippen molar-refractivity contribution in [1.29, 1.82) is 0 Å². The van der Waals surface area contributed by atoms with E-state index in [1.165, 1.54) is 11.3 Å². The van der Waals surface area contributed by atoms with Crippen LogP contribution < -0.4 is 5.32 Å². The zero-order valence-corrected chi connectivity index (χ0v) is 18.3. The van der Waals surface area contributed by atoms with E-state index in [-0.39, 0.29) is 13.2 Å². The topological polar surface area (TPSA) is 89.9 Å². The molecule has 0 saturated heterocycles. The Morgan fingerprint density at radius 2 is 1.93 bits per heavy atom. The molecule has 30 heavy (non-hydrogen) atoms. The Kier molecular flexibility index (Phi) is 6.99. The molecule has 1 aliphatic rings. The van der Waals surface area contributed by atoms with Crippen LogP contribution in [-0.2, 0) is 19.1 Å². The third-order valence-corrected chi connectivity index (χ3v) is 5.48. The Morgan fingerprint density at radius 1 is 1.17 bits per heavy atom. The van der Waals surface area contributed by atoms with Crippen molar-refractivity contribution in [3.8, 4) is 0 Å². The van der Waals surface area contributed by atoms with Gasteiger partial charge < -0.3 is 14.8 Å². The predicted molar refractivity (Wildman–Crippen MR) is 117 cm³/mol. The quantitative estimate of drug-likeness (QED) is 0.656. The fourth-order valence-electron chi connectivity index (χ4n) is 3.63. The summed E-state index contributed by atoms with van der Waals surface area (Å²) in [6.45, 7) is 7.55. The molecule has 1 aromatic carbocycles. The number of thiazole rings is 1. The molecule has 2 atom stereocenters. The molecule has 2 heterocycles. The van der Waals surface area contributed by atoms with Crippen LogP contribution in [0.2, 0.25) is 0 Å². The van der Waals surface area contributed by atoms with E-state index in [1.54, 1.807) is 33.9 Å². The summed E-state index contributed by atoms with van der Waals surface area (Å²) in [5, 5.41) is 5.89. The number of nitrogens with one attached hydrogen (secondary N) is 1. The summed E-state index contributed by atoms with van der Waals surface area (Å²) < 4.78 is 10.6. The summed E-state index contributed by atoms with van der Waals surface area (Å²) in [6.07, 6.45) is 1.72. The first-order chi connectivity index (χ1) is 14.5. The number of carbonyl (C=O) groups excluding carboxylic acids is 2. The van der Waals surface area contributed by atoms with Gasteiger partial charge in [0.1, 0.15) is 5.92 Å². The van der Waals surface area contributed by atoms with E-state index in [0.717, 1.165) is 16.4 Å². The van der Waals surface area contributed by atoms with Crippen LogP contribution in [0, 0.1) is 5.92 Å². The fourth-order valence-corrected chi connectivity index (χ4v) is 4.18. The summed E-state index contributed by atoms with van der Waals surface area (Å²) in [5.41, 5.74) is 3.15. The van der Waals surface area contributed by atoms with Crippen molar-refractivity contribution in [3.05, 3.63) is 52.7 Å². The first-order valence-electron chi connectivity index (χ1n) is 9.82. The van der Waals surface area contributed by atoms with Crippen molar-refractivity contribution in [2.45, 2.75) is 33.6 Å². The van der Waals surface area contributed by atoms with E-state index in [9.17, 15) is 9.59 Å². The Hall–Kier alpha value is -3.00. The Morgan fingerprint density at radius 3 is 2.60 bits per heavy atom. The van der Waals surface area contributed by atoms with Gasteiger partial charge in [-0.15, -0.1) is 11.3 Å². The van der Waals surface area contributed by atoms with Gasteiger partial charge in [0.25, 0.3) is 0 Å². The Labute approximate surface area is 179 Å². The molecule has 2 aromatic rings. The summed E-state index contributed by atoms with van der Waals surface area (Å²) in [4.78, 5) is 34.4. The zero-order chi connectivity index (χ0) is 21.7. The molecule has 3 rings (SSSR count). The van der Waals surface area contributed by atoms with Gasteiger partial charge >= 0.3 is 11.9 Å². The summed E-state index contributed by atoms with van der Waals surface area (Å²) in [5.74, 6) is -2.14. The SMILES string of the molecule is CCOC(=O)C1=C(C)N=C(C)C(C(=O)OCC)C1c1cccc(Nc2nccs2)c1. The number of hydrogen-bond acceptors (Lipinski definition) is 8. The molecule has 1 aromatic heterocycles. The minimum atomic E-state index is -0.705. The molecule has 0 bridgehead atoms. The van der Waals surface area contributed by atoms with E-state index < -0.39 is 23.8 Å². The second kappa shape index (κ2) is 9.67. The molecule has 7 nitrogen and oxygen atoms in total. The summed E-state index contributed by atoms with van der Waals surface area (Å²) in [7, 11) is 0. The summed E-state index contributed by atoms with van der Waals surface area (Å²) in [6, 6.07) is 7.61. The first-order valence-corrected chi connectivity index (χ1v) is 10.7. The third-order valence-electron chi connectivity index (χ3n) is 4.79. The molecular weight excluding hydrogens is 402 g/mol. The smallest absolute Gasteiger partial charge is 0.336 e. The third kappa shape index (κ3) is 4.59. The lowest BCUT2D eigenvalue weighted by molar-refractivity contribution is -0.146.